The minimum absolute atomic E-state index is 0.434. The normalized spacial score (nSPS) is 14.8. The van der Waals surface area contributed by atoms with E-state index in [2.05, 4.69) is 15.9 Å². The molecule has 0 saturated carbocycles. The second kappa shape index (κ2) is 4.21. The number of aliphatic hydroxyl groups is 1. The van der Waals surface area contributed by atoms with E-state index in [1.54, 1.807) is 18.6 Å². The SMILES string of the molecule is OC(CBr)(c1ccccc1)c1ccoc1. The van der Waals surface area contributed by atoms with E-state index in [-0.39, 0.29) is 0 Å². The maximum absolute atomic E-state index is 10.5. The van der Waals surface area contributed by atoms with Crippen LogP contribution in [0.4, 0.5) is 0 Å². The summed E-state index contributed by atoms with van der Waals surface area (Å²) in [5, 5.41) is 11.0. The van der Waals surface area contributed by atoms with E-state index in [1.165, 1.54) is 0 Å². The van der Waals surface area contributed by atoms with Crippen LogP contribution in [-0.2, 0) is 5.60 Å². The lowest BCUT2D eigenvalue weighted by atomic mass is 9.90. The van der Waals surface area contributed by atoms with Gasteiger partial charge in [0.1, 0.15) is 5.60 Å². The summed E-state index contributed by atoms with van der Waals surface area (Å²) in [5.74, 6) is 0. The third-order valence-corrected chi connectivity index (χ3v) is 3.25. The first kappa shape index (κ1) is 10.5. The van der Waals surface area contributed by atoms with Crippen LogP contribution in [0.3, 0.4) is 0 Å². The summed E-state index contributed by atoms with van der Waals surface area (Å²) in [6, 6.07) is 11.3. The monoisotopic (exact) mass is 266 g/mol. The molecule has 2 nitrogen and oxygen atoms in total. The van der Waals surface area contributed by atoms with Gasteiger partial charge >= 0.3 is 0 Å². The highest BCUT2D eigenvalue weighted by molar-refractivity contribution is 9.09. The molecule has 1 aromatic heterocycles. The largest absolute Gasteiger partial charge is 0.472 e. The highest BCUT2D eigenvalue weighted by Crippen LogP contribution is 2.31. The molecular formula is C12H11BrO2. The van der Waals surface area contributed by atoms with E-state index in [0.29, 0.717) is 5.33 Å². The first-order valence-electron chi connectivity index (χ1n) is 4.64. The van der Waals surface area contributed by atoms with E-state index in [0.717, 1.165) is 11.1 Å². The molecule has 0 amide bonds. The van der Waals surface area contributed by atoms with Crippen molar-refractivity contribution < 1.29 is 9.52 Å². The molecule has 0 saturated heterocycles. The van der Waals surface area contributed by atoms with Gasteiger partial charge in [0.15, 0.2) is 0 Å². The van der Waals surface area contributed by atoms with E-state index in [1.807, 2.05) is 30.3 Å². The van der Waals surface area contributed by atoms with Crippen LogP contribution in [0.15, 0.2) is 53.3 Å². The number of halogens is 1. The second-order valence-electron chi connectivity index (χ2n) is 3.37. The summed E-state index contributed by atoms with van der Waals surface area (Å²) in [6.07, 6.45) is 3.13. The summed E-state index contributed by atoms with van der Waals surface area (Å²) in [5.41, 5.74) is 0.586. The first-order valence-corrected chi connectivity index (χ1v) is 5.76. The molecule has 1 atom stereocenters. The Balaban J connectivity index is 2.47. The molecule has 2 aromatic rings. The lowest BCUT2D eigenvalue weighted by Crippen LogP contribution is -2.28. The third-order valence-electron chi connectivity index (χ3n) is 2.44. The fourth-order valence-corrected chi connectivity index (χ4v) is 2.18. The van der Waals surface area contributed by atoms with E-state index in [9.17, 15) is 5.11 Å². The molecule has 3 heteroatoms. The third kappa shape index (κ3) is 1.85. The molecule has 1 N–H and O–H groups in total. The van der Waals surface area contributed by atoms with Gasteiger partial charge in [-0.15, -0.1) is 0 Å². The van der Waals surface area contributed by atoms with Crippen molar-refractivity contribution in [3.63, 3.8) is 0 Å². The van der Waals surface area contributed by atoms with E-state index >= 15 is 0 Å². The maximum atomic E-state index is 10.5. The lowest BCUT2D eigenvalue weighted by Gasteiger charge is -2.25. The summed E-state index contributed by atoms with van der Waals surface area (Å²) in [4.78, 5) is 0. The van der Waals surface area contributed by atoms with Crippen LogP contribution in [0.2, 0.25) is 0 Å². The van der Waals surface area contributed by atoms with Crippen LogP contribution < -0.4 is 0 Å². The first-order chi connectivity index (χ1) is 7.27. The van der Waals surface area contributed by atoms with Crippen LogP contribution in [0.25, 0.3) is 0 Å². The maximum Gasteiger partial charge on any atom is 0.127 e. The molecule has 1 heterocycles. The number of hydrogen-bond acceptors (Lipinski definition) is 2. The summed E-state index contributed by atoms with van der Waals surface area (Å²) in [7, 11) is 0. The van der Waals surface area contributed by atoms with Gasteiger partial charge in [-0.2, -0.15) is 0 Å². The molecule has 0 spiro atoms. The molecule has 0 radical (unpaired) electrons. The summed E-state index contributed by atoms with van der Waals surface area (Å²) >= 11 is 3.34. The Labute approximate surface area is 96.7 Å². The number of rotatable bonds is 3. The fourth-order valence-electron chi connectivity index (χ4n) is 1.53. The summed E-state index contributed by atoms with van der Waals surface area (Å²) < 4.78 is 5.00. The predicted molar refractivity (Wildman–Crippen MR) is 61.9 cm³/mol. The van der Waals surface area contributed by atoms with Gasteiger partial charge in [-0.05, 0) is 11.6 Å². The average molecular weight is 267 g/mol. The molecule has 0 aliphatic heterocycles. The van der Waals surface area contributed by atoms with Crippen molar-refractivity contribution in [2.75, 3.05) is 5.33 Å². The molecule has 1 unspecified atom stereocenters. The van der Waals surface area contributed by atoms with E-state index in [4.69, 9.17) is 4.42 Å². The zero-order chi connectivity index (χ0) is 10.7. The van der Waals surface area contributed by atoms with Gasteiger partial charge in [0.2, 0.25) is 0 Å². The van der Waals surface area contributed by atoms with Gasteiger partial charge in [0, 0.05) is 10.9 Å². The molecular weight excluding hydrogens is 256 g/mol. The molecule has 0 bridgehead atoms. The quantitative estimate of drug-likeness (QED) is 0.867. The van der Waals surface area contributed by atoms with Crippen LogP contribution in [-0.4, -0.2) is 10.4 Å². The van der Waals surface area contributed by atoms with Crippen molar-refractivity contribution >= 4 is 15.9 Å². The predicted octanol–water partition coefficient (Wildman–Crippen LogP) is 2.91. The standard InChI is InChI=1S/C12H11BrO2/c13-9-12(14,11-6-7-15-8-11)10-4-2-1-3-5-10/h1-8,14H,9H2. The minimum Gasteiger partial charge on any atom is -0.472 e. The smallest absolute Gasteiger partial charge is 0.127 e. The number of benzene rings is 1. The van der Waals surface area contributed by atoms with Gasteiger partial charge in [-0.1, -0.05) is 46.3 Å². The Morgan fingerprint density at radius 3 is 2.40 bits per heavy atom. The Morgan fingerprint density at radius 2 is 1.87 bits per heavy atom. The van der Waals surface area contributed by atoms with Gasteiger partial charge in [0.05, 0.1) is 12.5 Å². The number of hydrogen-bond donors (Lipinski definition) is 1. The second-order valence-corrected chi connectivity index (χ2v) is 3.93. The van der Waals surface area contributed by atoms with Crippen LogP contribution in [0.1, 0.15) is 11.1 Å². The topological polar surface area (TPSA) is 33.4 Å². The van der Waals surface area contributed by atoms with Crippen molar-refractivity contribution in [2.24, 2.45) is 0 Å². The van der Waals surface area contributed by atoms with Gasteiger partial charge in [-0.3, -0.25) is 0 Å². The molecule has 0 aliphatic rings. The molecule has 78 valence electrons. The van der Waals surface area contributed by atoms with Crippen molar-refractivity contribution in [1.82, 2.24) is 0 Å². The van der Waals surface area contributed by atoms with E-state index < -0.39 is 5.60 Å². The van der Waals surface area contributed by atoms with Crippen LogP contribution >= 0.6 is 15.9 Å². The van der Waals surface area contributed by atoms with Gasteiger partial charge in [-0.25, -0.2) is 0 Å². The molecule has 2 rings (SSSR count). The van der Waals surface area contributed by atoms with Crippen molar-refractivity contribution in [2.45, 2.75) is 5.60 Å². The number of furan rings is 1. The minimum atomic E-state index is -1.02. The molecule has 1 aromatic carbocycles. The Bertz CT molecular complexity index is 410. The van der Waals surface area contributed by atoms with Crippen molar-refractivity contribution in [3.05, 3.63) is 60.1 Å². The fraction of sp³-hybridized carbons (Fsp3) is 0.167. The van der Waals surface area contributed by atoms with Crippen molar-refractivity contribution in [1.29, 1.82) is 0 Å². The molecule has 15 heavy (non-hydrogen) atoms. The Hall–Kier alpha value is -1.06. The zero-order valence-electron chi connectivity index (χ0n) is 8.06. The Kier molecular flexibility index (Phi) is 2.93. The van der Waals surface area contributed by atoms with Gasteiger partial charge in [0.25, 0.3) is 0 Å². The Morgan fingerprint density at radius 1 is 1.13 bits per heavy atom. The average Bonchev–Trinajstić information content (AvgIpc) is 2.83. The van der Waals surface area contributed by atoms with Crippen LogP contribution in [0.5, 0.6) is 0 Å². The van der Waals surface area contributed by atoms with Crippen LogP contribution in [0, 0.1) is 0 Å². The molecule has 0 aliphatic carbocycles. The van der Waals surface area contributed by atoms with Crippen molar-refractivity contribution in [3.8, 4) is 0 Å². The molecule has 0 fully saturated rings. The highest BCUT2D eigenvalue weighted by atomic mass is 79.9. The highest BCUT2D eigenvalue weighted by Gasteiger charge is 2.31. The lowest BCUT2D eigenvalue weighted by molar-refractivity contribution is 0.108. The van der Waals surface area contributed by atoms with Gasteiger partial charge < -0.3 is 9.52 Å². The number of alkyl halides is 1. The zero-order valence-corrected chi connectivity index (χ0v) is 9.65. The summed E-state index contributed by atoms with van der Waals surface area (Å²) in [6.45, 7) is 0.